The molecule has 1 aromatic carbocycles. The Morgan fingerprint density at radius 3 is 2.41 bits per heavy atom. The van der Waals surface area contributed by atoms with E-state index >= 15 is 0 Å². The summed E-state index contributed by atoms with van der Waals surface area (Å²) < 4.78 is 4.78. The summed E-state index contributed by atoms with van der Waals surface area (Å²) in [6, 6.07) is 3.57. The minimum absolute atomic E-state index is 0.152. The molecule has 0 unspecified atom stereocenters. The van der Waals surface area contributed by atoms with E-state index in [1.165, 1.54) is 12.0 Å². The number of aromatic nitrogens is 3. The molecule has 1 aromatic heterocycles. The van der Waals surface area contributed by atoms with Crippen molar-refractivity contribution >= 4 is 11.9 Å². The van der Waals surface area contributed by atoms with Gasteiger partial charge in [0.25, 0.3) is 5.91 Å². The second kappa shape index (κ2) is 5.97. The summed E-state index contributed by atoms with van der Waals surface area (Å²) in [4.78, 5) is 28.0. The molecule has 2 rings (SSSR count). The van der Waals surface area contributed by atoms with Gasteiger partial charge in [-0.2, -0.15) is 0 Å². The van der Waals surface area contributed by atoms with Crippen molar-refractivity contribution in [3.8, 4) is 11.4 Å². The summed E-state index contributed by atoms with van der Waals surface area (Å²) in [5.41, 5.74) is 2.90. The standard InChI is InChI=1S/C15H18N4O3/c1-8-6-9(2)11(15(21)22-5)7-10(8)12-16-13(18-17-12)14(20)19(3)4/h6-7H,1-5H3,(H,16,17,18). The van der Waals surface area contributed by atoms with Crippen LogP contribution in [0.3, 0.4) is 0 Å². The maximum absolute atomic E-state index is 11.9. The molecule has 1 amide bonds. The number of aryl methyl sites for hydroxylation is 2. The van der Waals surface area contributed by atoms with Gasteiger partial charge in [-0.3, -0.25) is 4.79 Å². The number of ether oxygens (including phenoxy) is 1. The Morgan fingerprint density at radius 2 is 1.82 bits per heavy atom. The zero-order valence-electron chi connectivity index (χ0n) is 13.2. The lowest BCUT2D eigenvalue weighted by atomic mass is 9.99. The normalized spacial score (nSPS) is 10.4. The molecule has 2 aromatic rings. The molecule has 0 aliphatic rings. The van der Waals surface area contributed by atoms with Crippen molar-refractivity contribution in [1.82, 2.24) is 20.1 Å². The molecule has 0 radical (unpaired) electrons. The van der Waals surface area contributed by atoms with E-state index in [-0.39, 0.29) is 11.7 Å². The predicted octanol–water partition coefficient (Wildman–Crippen LogP) is 1.58. The van der Waals surface area contributed by atoms with Gasteiger partial charge in [-0.25, -0.2) is 4.79 Å². The Labute approximate surface area is 128 Å². The Hall–Kier alpha value is -2.70. The fourth-order valence-corrected chi connectivity index (χ4v) is 2.13. The van der Waals surface area contributed by atoms with E-state index in [1.807, 2.05) is 19.9 Å². The summed E-state index contributed by atoms with van der Waals surface area (Å²) in [7, 11) is 4.61. The maximum Gasteiger partial charge on any atom is 0.338 e. The Morgan fingerprint density at radius 1 is 1.14 bits per heavy atom. The number of hydrogen-bond acceptors (Lipinski definition) is 5. The van der Waals surface area contributed by atoms with Crippen LogP contribution in [-0.2, 0) is 4.74 Å². The molecule has 0 aliphatic heterocycles. The number of H-pyrrole nitrogens is 1. The van der Waals surface area contributed by atoms with E-state index in [1.54, 1.807) is 20.2 Å². The summed E-state index contributed by atoms with van der Waals surface area (Å²) in [6.07, 6.45) is 0. The van der Waals surface area contributed by atoms with Crippen LogP contribution < -0.4 is 0 Å². The largest absolute Gasteiger partial charge is 0.465 e. The van der Waals surface area contributed by atoms with Crippen LogP contribution in [0.15, 0.2) is 12.1 Å². The highest BCUT2D eigenvalue weighted by Crippen LogP contribution is 2.24. The first kappa shape index (κ1) is 15.7. The molecule has 0 bridgehead atoms. The monoisotopic (exact) mass is 302 g/mol. The fourth-order valence-electron chi connectivity index (χ4n) is 2.13. The van der Waals surface area contributed by atoms with Crippen LogP contribution in [0.25, 0.3) is 11.4 Å². The summed E-state index contributed by atoms with van der Waals surface area (Å²) in [6.45, 7) is 3.74. The first-order valence-electron chi connectivity index (χ1n) is 6.69. The van der Waals surface area contributed by atoms with Crippen LogP contribution in [0.5, 0.6) is 0 Å². The number of rotatable bonds is 3. The molecule has 7 nitrogen and oxygen atoms in total. The fraction of sp³-hybridized carbons (Fsp3) is 0.333. The van der Waals surface area contributed by atoms with Crippen molar-refractivity contribution in [3.05, 3.63) is 34.6 Å². The molecule has 0 fully saturated rings. The van der Waals surface area contributed by atoms with Gasteiger partial charge in [-0.05, 0) is 31.0 Å². The van der Waals surface area contributed by atoms with Gasteiger partial charge in [-0.1, -0.05) is 6.07 Å². The van der Waals surface area contributed by atoms with Crippen LogP contribution in [-0.4, -0.2) is 53.2 Å². The third kappa shape index (κ3) is 2.83. The van der Waals surface area contributed by atoms with Crippen LogP contribution in [0, 0.1) is 13.8 Å². The molecule has 0 atom stereocenters. The van der Waals surface area contributed by atoms with Gasteiger partial charge in [0, 0.05) is 19.7 Å². The summed E-state index contributed by atoms with van der Waals surface area (Å²) >= 11 is 0. The van der Waals surface area contributed by atoms with Crippen molar-refractivity contribution in [2.75, 3.05) is 21.2 Å². The van der Waals surface area contributed by atoms with Crippen molar-refractivity contribution in [1.29, 1.82) is 0 Å². The lowest BCUT2D eigenvalue weighted by Crippen LogP contribution is -2.22. The molecular formula is C15H18N4O3. The van der Waals surface area contributed by atoms with E-state index in [0.717, 1.165) is 11.1 Å². The van der Waals surface area contributed by atoms with Crippen molar-refractivity contribution in [3.63, 3.8) is 0 Å². The van der Waals surface area contributed by atoms with E-state index in [0.29, 0.717) is 17.0 Å². The Kier molecular flexibility index (Phi) is 4.25. The summed E-state index contributed by atoms with van der Waals surface area (Å²) in [5, 5.41) is 7.86. The number of esters is 1. The number of carbonyl (C=O) groups is 2. The highest BCUT2D eigenvalue weighted by atomic mass is 16.5. The molecule has 0 saturated heterocycles. The number of benzene rings is 1. The lowest BCUT2D eigenvalue weighted by Gasteiger charge is -2.09. The number of carbonyl (C=O) groups excluding carboxylic acids is 2. The zero-order chi connectivity index (χ0) is 16.4. The SMILES string of the molecule is COC(=O)c1cc(-c2nnc(C(=O)N(C)C)[nH]2)c(C)cc1C. The Balaban J connectivity index is 2.49. The number of nitrogens with one attached hydrogen (secondary N) is 1. The molecule has 0 saturated carbocycles. The number of amides is 1. The minimum Gasteiger partial charge on any atom is -0.465 e. The van der Waals surface area contributed by atoms with E-state index < -0.39 is 5.97 Å². The third-order valence-corrected chi connectivity index (χ3v) is 3.33. The molecular weight excluding hydrogens is 284 g/mol. The van der Waals surface area contributed by atoms with Gasteiger partial charge in [0.2, 0.25) is 5.82 Å². The quantitative estimate of drug-likeness (QED) is 0.870. The topological polar surface area (TPSA) is 88.2 Å². The third-order valence-electron chi connectivity index (χ3n) is 3.33. The molecule has 22 heavy (non-hydrogen) atoms. The first-order valence-corrected chi connectivity index (χ1v) is 6.69. The minimum atomic E-state index is -0.414. The average Bonchev–Trinajstić information content (AvgIpc) is 2.95. The first-order chi connectivity index (χ1) is 10.3. The number of nitrogens with zero attached hydrogens (tertiary/aromatic N) is 3. The molecule has 0 aliphatic carbocycles. The van der Waals surface area contributed by atoms with Gasteiger partial charge < -0.3 is 14.6 Å². The van der Waals surface area contributed by atoms with Crippen LogP contribution in [0.2, 0.25) is 0 Å². The van der Waals surface area contributed by atoms with E-state index in [9.17, 15) is 9.59 Å². The summed E-state index contributed by atoms with van der Waals surface area (Å²) in [5.74, 6) is -0.0907. The highest BCUT2D eigenvalue weighted by molar-refractivity contribution is 5.93. The van der Waals surface area contributed by atoms with Gasteiger partial charge in [0.15, 0.2) is 5.82 Å². The van der Waals surface area contributed by atoms with Crippen LogP contribution >= 0.6 is 0 Å². The van der Waals surface area contributed by atoms with Gasteiger partial charge in [-0.15, -0.1) is 10.2 Å². The van der Waals surface area contributed by atoms with Crippen molar-refractivity contribution < 1.29 is 14.3 Å². The second-order valence-corrected chi connectivity index (χ2v) is 5.20. The van der Waals surface area contributed by atoms with Gasteiger partial charge in [0.05, 0.1) is 12.7 Å². The van der Waals surface area contributed by atoms with E-state index in [4.69, 9.17) is 4.74 Å². The van der Waals surface area contributed by atoms with Crippen molar-refractivity contribution in [2.24, 2.45) is 0 Å². The van der Waals surface area contributed by atoms with E-state index in [2.05, 4.69) is 15.2 Å². The number of aromatic amines is 1. The molecule has 7 heteroatoms. The smallest absolute Gasteiger partial charge is 0.338 e. The average molecular weight is 302 g/mol. The highest BCUT2D eigenvalue weighted by Gasteiger charge is 2.18. The van der Waals surface area contributed by atoms with Gasteiger partial charge >= 0.3 is 5.97 Å². The molecule has 0 spiro atoms. The second-order valence-electron chi connectivity index (χ2n) is 5.20. The van der Waals surface area contributed by atoms with Crippen LogP contribution in [0.1, 0.15) is 32.1 Å². The zero-order valence-corrected chi connectivity index (χ0v) is 13.2. The molecule has 1 heterocycles. The number of methoxy groups -OCH3 is 1. The predicted molar refractivity (Wildman–Crippen MR) is 80.6 cm³/mol. The molecule has 116 valence electrons. The number of hydrogen-bond donors (Lipinski definition) is 1. The Bertz CT molecular complexity index is 734. The maximum atomic E-state index is 11.9. The molecule has 1 N–H and O–H groups in total. The van der Waals surface area contributed by atoms with Crippen LogP contribution in [0.4, 0.5) is 0 Å². The van der Waals surface area contributed by atoms with Gasteiger partial charge in [0.1, 0.15) is 0 Å². The van der Waals surface area contributed by atoms with Crippen molar-refractivity contribution in [2.45, 2.75) is 13.8 Å². The lowest BCUT2D eigenvalue weighted by molar-refractivity contribution is 0.0599.